The number of amides is 2. The molecule has 0 spiro atoms. The number of ether oxygens (including phenoxy) is 1. The summed E-state index contributed by atoms with van der Waals surface area (Å²) in [6, 6.07) is 6.77. The van der Waals surface area contributed by atoms with Crippen molar-refractivity contribution < 1.29 is 23.6 Å². The highest BCUT2D eigenvalue weighted by atomic mass is 16.5. The Kier molecular flexibility index (Phi) is 7.09. The van der Waals surface area contributed by atoms with Gasteiger partial charge in [-0.2, -0.15) is 4.98 Å². The van der Waals surface area contributed by atoms with Crippen molar-refractivity contribution >= 4 is 23.7 Å². The molecule has 2 aromatic heterocycles. The molecule has 2 amide bonds. The van der Waals surface area contributed by atoms with Gasteiger partial charge in [-0.1, -0.05) is 24.2 Å². The molecule has 0 saturated heterocycles. The van der Waals surface area contributed by atoms with Crippen LogP contribution < -0.4 is 10.6 Å². The average molecular weight is 426 g/mol. The highest BCUT2D eigenvalue weighted by molar-refractivity contribution is 5.96. The van der Waals surface area contributed by atoms with Crippen molar-refractivity contribution in [3.8, 4) is 11.4 Å². The molecule has 11 heteroatoms. The van der Waals surface area contributed by atoms with Gasteiger partial charge in [-0.15, -0.1) is 0 Å². The fourth-order valence-corrected chi connectivity index (χ4v) is 2.56. The minimum atomic E-state index is -0.569. The number of carbonyl (C=O) groups excluding carboxylic acids is 3. The van der Waals surface area contributed by atoms with E-state index in [9.17, 15) is 14.4 Å². The molecule has 0 atom stereocenters. The van der Waals surface area contributed by atoms with Crippen LogP contribution in [0.4, 0.5) is 10.6 Å². The zero-order valence-electron chi connectivity index (χ0n) is 17.1. The van der Waals surface area contributed by atoms with Gasteiger partial charge in [0.15, 0.2) is 5.82 Å². The number of nitrogens with zero attached hydrogens (tertiary/aromatic N) is 4. The van der Waals surface area contributed by atoms with Crippen molar-refractivity contribution in [1.29, 1.82) is 0 Å². The number of hydrogen-bond acceptors (Lipinski definition) is 8. The summed E-state index contributed by atoms with van der Waals surface area (Å²) in [6.07, 6.45) is 2.78. The lowest BCUT2D eigenvalue weighted by atomic mass is 10.1. The number of aromatic nitrogens is 4. The van der Waals surface area contributed by atoms with E-state index in [4.69, 9.17) is 9.26 Å². The fourth-order valence-electron chi connectivity index (χ4n) is 2.56. The topological polar surface area (TPSA) is 141 Å². The van der Waals surface area contributed by atoms with Crippen LogP contribution in [0.25, 0.3) is 11.4 Å². The molecule has 0 aliphatic rings. The van der Waals surface area contributed by atoms with Gasteiger partial charge in [0.2, 0.25) is 17.6 Å². The van der Waals surface area contributed by atoms with E-state index in [-0.39, 0.29) is 30.6 Å². The summed E-state index contributed by atoms with van der Waals surface area (Å²) in [7, 11) is 0. The first kappa shape index (κ1) is 21.7. The van der Waals surface area contributed by atoms with Crippen molar-refractivity contribution in [3.05, 3.63) is 48.2 Å². The number of anilines is 1. The second kappa shape index (κ2) is 10.1. The molecular formula is C20H22N6O5. The molecule has 3 rings (SSSR count). The minimum absolute atomic E-state index is 0.0304. The molecule has 11 nitrogen and oxygen atoms in total. The second-order valence-corrected chi connectivity index (χ2v) is 6.55. The third-order valence-electron chi connectivity index (χ3n) is 4.04. The Hall–Kier alpha value is -4.02. The Bertz CT molecular complexity index is 1070. The van der Waals surface area contributed by atoms with Crippen LogP contribution in [0.5, 0.6) is 0 Å². The first-order valence-corrected chi connectivity index (χ1v) is 9.66. The number of benzene rings is 1. The molecular weight excluding hydrogens is 404 g/mol. The van der Waals surface area contributed by atoms with Crippen molar-refractivity contribution in [2.75, 3.05) is 18.5 Å². The van der Waals surface area contributed by atoms with Gasteiger partial charge in [-0.05, 0) is 18.6 Å². The second-order valence-electron chi connectivity index (χ2n) is 6.55. The molecule has 0 radical (unpaired) electrons. The predicted octanol–water partition coefficient (Wildman–Crippen LogP) is 2.39. The van der Waals surface area contributed by atoms with Crippen molar-refractivity contribution in [1.82, 2.24) is 25.0 Å². The summed E-state index contributed by atoms with van der Waals surface area (Å²) >= 11 is 0. The Labute approximate surface area is 177 Å². The minimum Gasteiger partial charge on any atom is -0.449 e. The summed E-state index contributed by atoms with van der Waals surface area (Å²) in [5.74, 6) is 0.345. The summed E-state index contributed by atoms with van der Waals surface area (Å²) < 4.78 is 11.1. The van der Waals surface area contributed by atoms with E-state index < -0.39 is 6.09 Å². The Morgan fingerprint density at radius 3 is 2.84 bits per heavy atom. The summed E-state index contributed by atoms with van der Waals surface area (Å²) in [5, 5.41) is 9.08. The standard InChI is InChI=1S/C20H22N6O5/c1-3-9-30-20(29)26-11-16(22-12-26)24-17(27)7-8-21-19(28)15-6-4-5-14(10-15)18-23-13(2)31-25-18/h4-6,10-12H,3,7-9H2,1-2H3,(H,21,28)(H,24,27). The summed E-state index contributed by atoms with van der Waals surface area (Å²) in [6.45, 7) is 3.99. The average Bonchev–Trinajstić information content (AvgIpc) is 3.41. The first-order valence-electron chi connectivity index (χ1n) is 9.66. The Morgan fingerprint density at radius 1 is 1.26 bits per heavy atom. The lowest BCUT2D eigenvalue weighted by Crippen LogP contribution is -2.27. The Morgan fingerprint density at radius 2 is 2.10 bits per heavy atom. The lowest BCUT2D eigenvalue weighted by molar-refractivity contribution is -0.116. The SMILES string of the molecule is CCCOC(=O)n1cnc(NC(=O)CCNC(=O)c2cccc(-c3noc(C)n3)c2)c1. The van der Waals surface area contributed by atoms with E-state index in [0.29, 0.717) is 35.9 Å². The van der Waals surface area contributed by atoms with E-state index in [1.54, 1.807) is 31.2 Å². The maximum absolute atomic E-state index is 12.4. The molecule has 0 fully saturated rings. The molecule has 31 heavy (non-hydrogen) atoms. The summed E-state index contributed by atoms with van der Waals surface area (Å²) in [4.78, 5) is 44.2. The highest BCUT2D eigenvalue weighted by Crippen LogP contribution is 2.17. The molecule has 2 N–H and O–H groups in total. The van der Waals surface area contributed by atoms with Crippen LogP contribution in [0, 0.1) is 6.92 Å². The molecule has 162 valence electrons. The highest BCUT2D eigenvalue weighted by Gasteiger charge is 2.12. The number of rotatable bonds is 8. The normalized spacial score (nSPS) is 10.5. The van der Waals surface area contributed by atoms with Crippen molar-refractivity contribution in [2.24, 2.45) is 0 Å². The quantitative estimate of drug-likeness (QED) is 0.559. The van der Waals surface area contributed by atoms with Crippen LogP contribution in [-0.4, -0.2) is 50.8 Å². The van der Waals surface area contributed by atoms with E-state index in [0.717, 1.165) is 4.57 Å². The number of nitrogens with one attached hydrogen (secondary N) is 2. The van der Waals surface area contributed by atoms with Crippen LogP contribution in [0.1, 0.15) is 36.0 Å². The van der Waals surface area contributed by atoms with Gasteiger partial charge in [0, 0.05) is 31.0 Å². The maximum atomic E-state index is 12.4. The van der Waals surface area contributed by atoms with Gasteiger partial charge >= 0.3 is 6.09 Å². The van der Waals surface area contributed by atoms with E-state index >= 15 is 0 Å². The van der Waals surface area contributed by atoms with Crippen LogP contribution in [0.3, 0.4) is 0 Å². The monoisotopic (exact) mass is 426 g/mol. The first-order chi connectivity index (χ1) is 15.0. The molecule has 1 aromatic carbocycles. The zero-order valence-corrected chi connectivity index (χ0v) is 17.1. The van der Waals surface area contributed by atoms with Crippen LogP contribution >= 0.6 is 0 Å². The maximum Gasteiger partial charge on any atom is 0.419 e. The van der Waals surface area contributed by atoms with E-state index in [1.165, 1.54) is 12.5 Å². The van der Waals surface area contributed by atoms with Gasteiger partial charge in [0.25, 0.3) is 5.91 Å². The Balaban J connectivity index is 1.47. The smallest absolute Gasteiger partial charge is 0.419 e. The zero-order chi connectivity index (χ0) is 22.2. The number of aryl methyl sites for hydroxylation is 1. The van der Waals surface area contributed by atoms with E-state index in [1.807, 2.05) is 6.92 Å². The van der Waals surface area contributed by atoms with Gasteiger partial charge in [-0.3, -0.25) is 9.59 Å². The fraction of sp³-hybridized carbons (Fsp3) is 0.300. The molecule has 0 unspecified atom stereocenters. The summed E-state index contributed by atoms with van der Waals surface area (Å²) in [5.41, 5.74) is 1.06. The lowest BCUT2D eigenvalue weighted by Gasteiger charge is -2.06. The van der Waals surface area contributed by atoms with Gasteiger partial charge in [-0.25, -0.2) is 14.3 Å². The van der Waals surface area contributed by atoms with Gasteiger partial charge in [0.1, 0.15) is 6.33 Å². The predicted molar refractivity (Wildman–Crippen MR) is 109 cm³/mol. The third kappa shape index (κ3) is 5.98. The van der Waals surface area contributed by atoms with Gasteiger partial charge in [0.05, 0.1) is 12.8 Å². The van der Waals surface area contributed by atoms with Crippen molar-refractivity contribution in [3.63, 3.8) is 0 Å². The van der Waals surface area contributed by atoms with Crippen LogP contribution in [-0.2, 0) is 9.53 Å². The van der Waals surface area contributed by atoms with E-state index in [2.05, 4.69) is 25.8 Å². The molecule has 0 aliphatic carbocycles. The molecule has 0 saturated carbocycles. The van der Waals surface area contributed by atoms with Crippen LogP contribution in [0.15, 0.2) is 41.3 Å². The molecule has 2 heterocycles. The number of imidazole rings is 1. The third-order valence-corrected chi connectivity index (χ3v) is 4.04. The van der Waals surface area contributed by atoms with Crippen LogP contribution in [0.2, 0.25) is 0 Å². The number of carbonyl (C=O) groups is 3. The molecule has 3 aromatic rings. The largest absolute Gasteiger partial charge is 0.449 e. The van der Waals surface area contributed by atoms with Gasteiger partial charge < -0.3 is 19.9 Å². The number of hydrogen-bond donors (Lipinski definition) is 2. The molecule has 0 aliphatic heterocycles. The molecule has 0 bridgehead atoms. The van der Waals surface area contributed by atoms with Crippen molar-refractivity contribution in [2.45, 2.75) is 26.7 Å².